The van der Waals surface area contributed by atoms with Crippen LogP contribution in [-0.2, 0) is 6.61 Å². The Morgan fingerprint density at radius 1 is 1.11 bits per heavy atom. The van der Waals surface area contributed by atoms with E-state index < -0.39 is 0 Å². The van der Waals surface area contributed by atoms with Gasteiger partial charge in [0.15, 0.2) is 5.43 Å². The van der Waals surface area contributed by atoms with Crippen molar-refractivity contribution in [3.05, 3.63) is 87.4 Å². The molecular formula is C21H13BrN2O2S. The van der Waals surface area contributed by atoms with Gasteiger partial charge in [-0.05, 0) is 36.4 Å². The highest BCUT2D eigenvalue weighted by Gasteiger charge is 2.20. The van der Waals surface area contributed by atoms with Crippen molar-refractivity contribution in [1.29, 1.82) is 0 Å². The minimum atomic E-state index is -0.00613. The molecule has 0 saturated heterocycles. The number of fused-ring (bicyclic) bond motifs is 2. The van der Waals surface area contributed by atoms with Gasteiger partial charge in [-0.15, -0.1) is 0 Å². The van der Waals surface area contributed by atoms with Crippen LogP contribution in [0.5, 0.6) is 5.75 Å². The largest absolute Gasteiger partial charge is 0.489 e. The molecular weight excluding hydrogens is 424 g/mol. The number of aromatic nitrogens is 2. The van der Waals surface area contributed by atoms with Crippen LogP contribution < -0.4 is 10.2 Å². The molecule has 27 heavy (non-hydrogen) atoms. The number of rotatable bonds is 3. The molecule has 0 bridgehead atoms. The Kier molecular flexibility index (Phi) is 4.02. The third-order valence-electron chi connectivity index (χ3n) is 4.46. The fourth-order valence-corrected chi connectivity index (χ4v) is 4.68. The van der Waals surface area contributed by atoms with Gasteiger partial charge in [-0.1, -0.05) is 33.8 Å². The Morgan fingerprint density at radius 2 is 2.04 bits per heavy atom. The highest BCUT2D eigenvalue weighted by atomic mass is 79.9. The highest BCUT2D eigenvalue weighted by Crippen LogP contribution is 2.44. The van der Waals surface area contributed by atoms with Crippen molar-refractivity contribution < 1.29 is 4.74 Å². The Bertz CT molecular complexity index is 1240. The maximum Gasteiger partial charge on any atom is 0.189 e. The molecule has 4 aromatic rings. The van der Waals surface area contributed by atoms with E-state index in [4.69, 9.17) is 4.74 Å². The molecule has 0 unspecified atom stereocenters. The second-order valence-electron chi connectivity index (χ2n) is 6.23. The maximum atomic E-state index is 12.5. The molecule has 5 rings (SSSR count). The normalized spacial score (nSPS) is 12.0. The van der Waals surface area contributed by atoms with Crippen LogP contribution in [0.4, 0.5) is 0 Å². The van der Waals surface area contributed by atoms with Crippen LogP contribution in [0.25, 0.3) is 16.6 Å². The average molecular weight is 437 g/mol. The summed E-state index contributed by atoms with van der Waals surface area (Å²) in [7, 11) is 0. The Labute approximate surface area is 168 Å². The summed E-state index contributed by atoms with van der Waals surface area (Å²) < 4.78 is 9.04. The maximum absolute atomic E-state index is 12.5. The predicted molar refractivity (Wildman–Crippen MR) is 110 cm³/mol. The summed E-state index contributed by atoms with van der Waals surface area (Å²) >= 11 is 5.19. The first-order valence-electron chi connectivity index (χ1n) is 8.38. The van der Waals surface area contributed by atoms with Gasteiger partial charge in [0.2, 0.25) is 0 Å². The molecule has 0 spiro atoms. The number of hydrogen-bond donors (Lipinski definition) is 0. The van der Waals surface area contributed by atoms with E-state index in [1.165, 1.54) is 0 Å². The number of nitrogens with zero attached hydrogens (tertiary/aromatic N) is 2. The van der Waals surface area contributed by atoms with Crippen LogP contribution in [0.2, 0.25) is 0 Å². The lowest BCUT2D eigenvalue weighted by molar-refractivity contribution is 0.305. The third kappa shape index (κ3) is 2.95. The highest BCUT2D eigenvalue weighted by molar-refractivity contribution is 9.10. The van der Waals surface area contributed by atoms with E-state index in [0.29, 0.717) is 17.7 Å². The average Bonchev–Trinajstić information content (AvgIpc) is 2.69. The molecule has 0 N–H and O–H groups in total. The summed E-state index contributed by atoms with van der Waals surface area (Å²) in [5.74, 6) is 0.685. The molecule has 0 saturated carbocycles. The number of halogens is 1. The Balaban J connectivity index is 1.64. The smallest absolute Gasteiger partial charge is 0.189 e. The molecule has 0 amide bonds. The van der Waals surface area contributed by atoms with E-state index in [2.05, 4.69) is 37.6 Å². The third-order valence-corrected chi connectivity index (χ3v) is 6.05. The van der Waals surface area contributed by atoms with Crippen LogP contribution in [0.3, 0.4) is 0 Å². The van der Waals surface area contributed by atoms with Gasteiger partial charge in [0.25, 0.3) is 0 Å². The number of hydrogen-bond acceptors (Lipinski definition) is 4. The molecule has 2 aromatic heterocycles. The summed E-state index contributed by atoms with van der Waals surface area (Å²) in [5, 5.41) is 0.661. The van der Waals surface area contributed by atoms with Gasteiger partial charge in [0, 0.05) is 44.5 Å². The fourth-order valence-electron chi connectivity index (χ4n) is 3.22. The summed E-state index contributed by atoms with van der Waals surface area (Å²) in [6, 6.07) is 15.5. The molecule has 3 heterocycles. The summed E-state index contributed by atoms with van der Waals surface area (Å²) in [6.45, 7) is 0.411. The number of ether oxygens (including phenoxy) is 1. The Hall–Kier alpha value is -2.57. The molecule has 2 aromatic carbocycles. The first kappa shape index (κ1) is 16.6. The quantitative estimate of drug-likeness (QED) is 0.390. The molecule has 1 aliphatic rings. The van der Waals surface area contributed by atoms with E-state index in [9.17, 15) is 4.79 Å². The van der Waals surface area contributed by atoms with Gasteiger partial charge in [0.05, 0.1) is 16.6 Å². The van der Waals surface area contributed by atoms with E-state index in [0.717, 1.165) is 31.0 Å². The van der Waals surface area contributed by atoms with Gasteiger partial charge in [-0.3, -0.25) is 9.78 Å². The monoisotopic (exact) mass is 436 g/mol. The van der Waals surface area contributed by atoms with Crippen LogP contribution in [0.1, 0.15) is 5.56 Å². The standard InChI is InChI=1S/C21H13BrN2O2S/c22-14-3-4-19-17(8-14)24-7-5-18(25)16-9-15(10-20(27-19)21(16)24)26-12-13-2-1-6-23-11-13/h1-11H,12H2. The first-order chi connectivity index (χ1) is 13.2. The molecule has 0 atom stereocenters. The topological polar surface area (TPSA) is 44.1 Å². The van der Waals surface area contributed by atoms with Crippen molar-refractivity contribution in [2.24, 2.45) is 0 Å². The summed E-state index contributed by atoms with van der Waals surface area (Å²) in [4.78, 5) is 18.8. The van der Waals surface area contributed by atoms with Crippen molar-refractivity contribution >= 4 is 38.6 Å². The first-order valence-corrected chi connectivity index (χ1v) is 9.99. The molecule has 0 aliphatic carbocycles. The second kappa shape index (κ2) is 6.55. The van der Waals surface area contributed by atoms with E-state index in [1.807, 2.05) is 36.5 Å². The van der Waals surface area contributed by atoms with Crippen molar-refractivity contribution in [3.63, 3.8) is 0 Å². The minimum absolute atomic E-state index is 0.00613. The zero-order chi connectivity index (χ0) is 18.4. The molecule has 0 fully saturated rings. The molecule has 1 aliphatic heterocycles. The van der Waals surface area contributed by atoms with Crippen molar-refractivity contribution in [3.8, 4) is 11.4 Å². The molecule has 0 radical (unpaired) electrons. The lowest BCUT2D eigenvalue weighted by atomic mass is 10.1. The number of benzene rings is 2. The fraction of sp³-hybridized carbons (Fsp3) is 0.0476. The second-order valence-corrected chi connectivity index (χ2v) is 8.23. The predicted octanol–water partition coefficient (Wildman–Crippen LogP) is 5.19. The zero-order valence-corrected chi connectivity index (χ0v) is 16.5. The molecule has 6 heteroatoms. The van der Waals surface area contributed by atoms with Gasteiger partial charge >= 0.3 is 0 Å². The van der Waals surface area contributed by atoms with Crippen LogP contribution in [0.15, 0.2) is 86.2 Å². The van der Waals surface area contributed by atoms with Gasteiger partial charge in [0.1, 0.15) is 12.4 Å². The van der Waals surface area contributed by atoms with E-state index in [-0.39, 0.29) is 5.43 Å². The van der Waals surface area contributed by atoms with Crippen LogP contribution in [-0.4, -0.2) is 9.55 Å². The summed E-state index contributed by atoms with van der Waals surface area (Å²) in [6.07, 6.45) is 5.36. The van der Waals surface area contributed by atoms with Crippen LogP contribution >= 0.6 is 27.7 Å². The van der Waals surface area contributed by atoms with Crippen molar-refractivity contribution in [2.75, 3.05) is 0 Å². The minimum Gasteiger partial charge on any atom is -0.489 e. The lowest BCUT2D eigenvalue weighted by Crippen LogP contribution is -2.11. The molecule has 132 valence electrons. The van der Waals surface area contributed by atoms with E-state index in [1.54, 1.807) is 30.2 Å². The zero-order valence-electron chi connectivity index (χ0n) is 14.1. The lowest BCUT2D eigenvalue weighted by Gasteiger charge is -2.23. The van der Waals surface area contributed by atoms with Gasteiger partial charge in [-0.25, -0.2) is 0 Å². The van der Waals surface area contributed by atoms with E-state index >= 15 is 0 Å². The van der Waals surface area contributed by atoms with Crippen LogP contribution in [0, 0.1) is 0 Å². The van der Waals surface area contributed by atoms with Gasteiger partial charge in [-0.2, -0.15) is 0 Å². The summed E-state index contributed by atoms with van der Waals surface area (Å²) in [5.41, 5.74) is 2.97. The van der Waals surface area contributed by atoms with Crippen molar-refractivity contribution in [1.82, 2.24) is 9.55 Å². The SMILES string of the molecule is O=c1ccn2c3c(cc(OCc4cccnc4)cc13)Sc1ccc(Br)cc1-2. The molecule has 4 nitrogen and oxygen atoms in total. The Morgan fingerprint density at radius 3 is 2.89 bits per heavy atom. The van der Waals surface area contributed by atoms with Crippen molar-refractivity contribution in [2.45, 2.75) is 16.4 Å². The number of pyridine rings is 2. The van der Waals surface area contributed by atoms with Gasteiger partial charge < -0.3 is 9.30 Å².